The van der Waals surface area contributed by atoms with Crippen molar-refractivity contribution in [3.8, 4) is 11.1 Å². The smallest absolute Gasteiger partial charge is 0.347 e. The van der Waals surface area contributed by atoms with Gasteiger partial charge in [-0.2, -0.15) is 0 Å². The molecule has 1 aliphatic heterocycles. The lowest BCUT2D eigenvalue weighted by Crippen LogP contribution is -2.35. The maximum Gasteiger partial charge on any atom is 0.347 e. The minimum atomic E-state index is -1.13. The number of nitrogens with zero attached hydrogens (tertiary/aromatic N) is 2. The number of amides is 2. The molecule has 186 valence electrons. The van der Waals surface area contributed by atoms with Gasteiger partial charge >= 0.3 is 5.97 Å². The number of carboxylic acid groups (broad SMARTS) is 1. The lowest BCUT2D eigenvalue weighted by Gasteiger charge is -2.25. The van der Waals surface area contributed by atoms with Gasteiger partial charge in [-0.05, 0) is 49.7 Å². The molecule has 2 aliphatic rings. The number of aromatic carboxylic acids is 1. The zero-order valence-corrected chi connectivity index (χ0v) is 21.5. The van der Waals surface area contributed by atoms with E-state index in [4.69, 9.17) is 17.3 Å². The van der Waals surface area contributed by atoms with Crippen LogP contribution in [-0.4, -0.2) is 53.3 Å². The Kier molecular flexibility index (Phi) is 6.14. The third-order valence-electron chi connectivity index (χ3n) is 7.06. The maximum absolute atomic E-state index is 13.4. The number of thiophene rings is 1. The molecule has 5 rings (SSSR count). The highest BCUT2D eigenvalue weighted by Gasteiger charge is 2.45. The van der Waals surface area contributed by atoms with E-state index in [1.165, 1.54) is 10.5 Å². The number of hydrogen-bond donors (Lipinski definition) is 2. The van der Waals surface area contributed by atoms with E-state index in [1.807, 2.05) is 12.1 Å². The molecular weight excluding hydrogens is 498 g/mol. The average molecular weight is 524 g/mol. The maximum atomic E-state index is 13.4. The third-order valence-corrected chi connectivity index (χ3v) is 8.53. The number of carboxylic acids is 1. The number of hydrogen-bond acceptors (Lipinski definition) is 5. The van der Waals surface area contributed by atoms with Crippen molar-refractivity contribution in [2.75, 3.05) is 20.6 Å². The third kappa shape index (κ3) is 4.09. The Balaban J connectivity index is 1.48. The molecule has 0 spiro atoms. The van der Waals surface area contributed by atoms with Crippen LogP contribution >= 0.6 is 22.9 Å². The van der Waals surface area contributed by atoms with Crippen molar-refractivity contribution < 1.29 is 19.5 Å². The first-order chi connectivity index (χ1) is 17.1. The molecule has 1 fully saturated rings. The van der Waals surface area contributed by atoms with E-state index in [-0.39, 0.29) is 27.8 Å². The highest BCUT2D eigenvalue weighted by Crippen LogP contribution is 2.49. The Morgan fingerprint density at radius 3 is 2.36 bits per heavy atom. The first kappa shape index (κ1) is 24.5. The van der Waals surface area contributed by atoms with Crippen molar-refractivity contribution in [3.63, 3.8) is 0 Å². The Morgan fingerprint density at radius 1 is 1.14 bits per heavy atom. The number of benzene rings is 2. The van der Waals surface area contributed by atoms with Gasteiger partial charge in [0.25, 0.3) is 5.91 Å². The van der Waals surface area contributed by atoms with E-state index in [1.54, 1.807) is 23.6 Å². The fraction of sp³-hybridized carbons (Fsp3) is 0.296. The highest BCUT2D eigenvalue weighted by molar-refractivity contribution is 7.13. The number of carbonyl (C=O) groups is 3. The number of carbonyl (C=O) groups excluding carboxylic acids is 2. The topological polar surface area (TPSA) is 104 Å². The molecule has 1 saturated carbocycles. The SMILES string of the molecule is CN(C)CC1(c2ccc(CN3C(=O)c4cccc(-c5csc(C(=O)O)c5Cl)c4C3C(N)=O)cc2)CC1. The molecule has 1 aliphatic carbocycles. The number of primary amides is 1. The van der Waals surface area contributed by atoms with Crippen molar-refractivity contribution in [3.05, 3.63) is 80.0 Å². The van der Waals surface area contributed by atoms with E-state index in [9.17, 15) is 19.5 Å². The van der Waals surface area contributed by atoms with Gasteiger partial charge in [-0.25, -0.2) is 4.79 Å². The normalized spacial score (nSPS) is 17.9. The second-order valence-electron chi connectivity index (χ2n) is 9.82. The van der Waals surface area contributed by atoms with Gasteiger partial charge in [-0.3, -0.25) is 9.59 Å². The van der Waals surface area contributed by atoms with Gasteiger partial charge in [-0.15, -0.1) is 11.3 Å². The summed E-state index contributed by atoms with van der Waals surface area (Å²) in [6.07, 6.45) is 2.32. The molecule has 7 nitrogen and oxygen atoms in total. The predicted octanol–water partition coefficient (Wildman–Crippen LogP) is 4.54. The number of fused-ring (bicyclic) bond motifs is 1. The van der Waals surface area contributed by atoms with Gasteiger partial charge in [0.05, 0.1) is 5.02 Å². The predicted molar refractivity (Wildman–Crippen MR) is 139 cm³/mol. The van der Waals surface area contributed by atoms with Crippen LogP contribution in [0.15, 0.2) is 47.8 Å². The first-order valence-corrected chi connectivity index (χ1v) is 12.9. The molecule has 3 N–H and O–H groups in total. The zero-order valence-electron chi connectivity index (χ0n) is 20.0. The average Bonchev–Trinajstić information content (AvgIpc) is 3.40. The lowest BCUT2D eigenvalue weighted by atomic mass is 9.93. The van der Waals surface area contributed by atoms with Crippen LogP contribution < -0.4 is 5.73 Å². The fourth-order valence-electron chi connectivity index (χ4n) is 5.29. The molecule has 9 heteroatoms. The van der Waals surface area contributed by atoms with Crippen LogP contribution in [0.1, 0.15) is 55.6 Å². The number of rotatable bonds is 8. The molecule has 0 radical (unpaired) electrons. The Labute approximate surface area is 218 Å². The second-order valence-corrected chi connectivity index (χ2v) is 11.1. The second kappa shape index (κ2) is 9.03. The van der Waals surface area contributed by atoms with E-state index >= 15 is 0 Å². The molecular formula is C27H26ClN3O4S. The highest BCUT2D eigenvalue weighted by atomic mass is 35.5. The summed E-state index contributed by atoms with van der Waals surface area (Å²) in [5, 5.41) is 11.1. The minimum absolute atomic E-state index is 0.00358. The molecule has 2 amide bonds. The van der Waals surface area contributed by atoms with Crippen molar-refractivity contribution in [1.29, 1.82) is 0 Å². The van der Waals surface area contributed by atoms with Crippen molar-refractivity contribution in [2.24, 2.45) is 5.73 Å². The van der Waals surface area contributed by atoms with Gasteiger partial charge in [0.1, 0.15) is 10.9 Å². The molecule has 1 aromatic heterocycles. The van der Waals surface area contributed by atoms with E-state index in [0.717, 1.165) is 36.3 Å². The molecule has 0 bridgehead atoms. The quantitative estimate of drug-likeness (QED) is 0.451. The summed E-state index contributed by atoms with van der Waals surface area (Å²) in [6, 6.07) is 12.4. The number of halogens is 1. The van der Waals surface area contributed by atoms with Gasteiger partial charge in [-0.1, -0.05) is 48.0 Å². The molecule has 1 atom stereocenters. The largest absolute Gasteiger partial charge is 0.477 e. The van der Waals surface area contributed by atoms with Gasteiger partial charge in [0.2, 0.25) is 5.91 Å². The van der Waals surface area contributed by atoms with Crippen LogP contribution in [0.4, 0.5) is 0 Å². The number of nitrogens with two attached hydrogens (primary N) is 1. The molecule has 2 heterocycles. The lowest BCUT2D eigenvalue weighted by molar-refractivity contribution is -0.122. The van der Waals surface area contributed by atoms with Gasteiger partial charge in [0.15, 0.2) is 0 Å². The summed E-state index contributed by atoms with van der Waals surface area (Å²) in [6.45, 7) is 1.22. The zero-order chi connectivity index (χ0) is 25.8. The van der Waals surface area contributed by atoms with E-state index in [2.05, 4.69) is 31.1 Å². The van der Waals surface area contributed by atoms with Crippen LogP contribution in [0.2, 0.25) is 5.02 Å². The Hall–Kier alpha value is -3.20. The van der Waals surface area contributed by atoms with Crippen LogP contribution in [0.25, 0.3) is 11.1 Å². The van der Waals surface area contributed by atoms with Gasteiger partial charge < -0.3 is 20.6 Å². The molecule has 36 heavy (non-hydrogen) atoms. The van der Waals surface area contributed by atoms with Crippen molar-refractivity contribution in [2.45, 2.75) is 30.8 Å². The molecule has 1 unspecified atom stereocenters. The Morgan fingerprint density at radius 2 is 1.81 bits per heavy atom. The van der Waals surface area contributed by atoms with E-state index in [0.29, 0.717) is 22.3 Å². The van der Waals surface area contributed by atoms with Crippen molar-refractivity contribution >= 4 is 40.7 Å². The van der Waals surface area contributed by atoms with Crippen LogP contribution in [0.5, 0.6) is 0 Å². The molecule has 3 aromatic rings. The summed E-state index contributed by atoms with van der Waals surface area (Å²) < 4.78 is 0. The number of likely N-dealkylation sites (N-methyl/N-ethyl adjacent to an activating group) is 1. The summed E-state index contributed by atoms with van der Waals surface area (Å²) in [4.78, 5) is 41.3. The Bertz CT molecular complexity index is 1380. The molecule has 2 aromatic carbocycles. The standard InChI is InChI=1S/C27H26ClN3O4S/c1-30(2)14-27(10-11-27)16-8-6-15(7-9-16)12-31-22(24(29)32)20-17(4-3-5-18(20)25(31)33)19-13-36-23(21(19)28)26(34)35/h3-9,13,22H,10-12,14H2,1-2H3,(H2,29,32)(H,34,35). The minimum Gasteiger partial charge on any atom is -0.477 e. The van der Waals surface area contributed by atoms with E-state index < -0.39 is 17.9 Å². The van der Waals surface area contributed by atoms with Crippen LogP contribution in [-0.2, 0) is 16.8 Å². The summed E-state index contributed by atoms with van der Waals surface area (Å²) >= 11 is 7.39. The molecule has 0 saturated heterocycles. The summed E-state index contributed by atoms with van der Waals surface area (Å²) in [5.74, 6) is -2.08. The van der Waals surface area contributed by atoms with Crippen LogP contribution in [0.3, 0.4) is 0 Å². The van der Waals surface area contributed by atoms with Crippen molar-refractivity contribution in [1.82, 2.24) is 9.80 Å². The first-order valence-electron chi connectivity index (χ1n) is 11.6. The van der Waals surface area contributed by atoms with Crippen LogP contribution in [0, 0.1) is 0 Å². The van der Waals surface area contributed by atoms with Gasteiger partial charge in [0, 0.05) is 40.6 Å². The summed E-state index contributed by atoms with van der Waals surface area (Å²) in [7, 11) is 4.16. The summed E-state index contributed by atoms with van der Waals surface area (Å²) in [5.41, 5.74) is 10.0. The fourth-order valence-corrected chi connectivity index (χ4v) is 6.52. The monoisotopic (exact) mass is 523 g/mol.